The van der Waals surface area contributed by atoms with Crippen molar-refractivity contribution in [2.24, 2.45) is 0 Å². The molecule has 1 rings (SSSR count). The lowest BCUT2D eigenvalue weighted by molar-refractivity contribution is 0.0300. The van der Waals surface area contributed by atoms with Crippen LogP contribution in [0.2, 0.25) is 0 Å². The Morgan fingerprint density at radius 3 is 1.75 bits per heavy atom. The van der Waals surface area contributed by atoms with E-state index in [0.29, 0.717) is 12.2 Å². The molecule has 0 aromatic rings. The van der Waals surface area contributed by atoms with Gasteiger partial charge in [-0.1, -0.05) is 0 Å². The highest BCUT2D eigenvalue weighted by molar-refractivity contribution is 4.65. The zero-order chi connectivity index (χ0) is 9.56. The van der Waals surface area contributed by atoms with Crippen LogP contribution in [0, 0.1) is 0 Å². The zero-order valence-corrected chi connectivity index (χ0v) is 8.41. The third-order valence-corrected chi connectivity index (χ3v) is 1.15. The third-order valence-electron chi connectivity index (χ3n) is 1.15. The molecule has 1 aliphatic rings. The van der Waals surface area contributed by atoms with Gasteiger partial charge in [-0.15, -0.1) is 0 Å². The minimum Gasteiger partial charge on any atom is -0.394 e. The molecule has 1 heterocycles. The van der Waals surface area contributed by atoms with Crippen molar-refractivity contribution in [3.63, 3.8) is 0 Å². The van der Waals surface area contributed by atoms with Crippen LogP contribution in [0.4, 0.5) is 0 Å². The number of epoxide rings is 1. The molecule has 0 aromatic carbocycles. The van der Waals surface area contributed by atoms with Gasteiger partial charge in [0, 0.05) is 0 Å². The lowest BCUT2D eigenvalue weighted by Gasteiger charge is -2.09. The first-order valence-electron chi connectivity index (χ1n) is 4.44. The van der Waals surface area contributed by atoms with Gasteiger partial charge in [0.1, 0.15) is 6.10 Å². The fraction of sp³-hybridized carbons (Fsp3) is 1.00. The van der Waals surface area contributed by atoms with Crippen LogP contribution in [0.15, 0.2) is 0 Å². The summed E-state index contributed by atoms with van der Waals surface area (Å²) in [4.78, 5) is 0. The molecule has 1 aliphatic heterocycles. The average Bonchev–Trinajstić information content (AvgIpc) is 2.66. The second kappa shape index (κ2) is 6.40. The summed E-state index contributed by atoms with van der Waals surface area (Å²) in [6, 6.07) is 0. The molecule has 12 heavy (non-hydrogen) atoms. The van der Waals surface area contributed by atoms with Gasteiger partial charge in [-0.2, -0.15) is 0 Å². The Kier molecular flexibility index (Phi) is 6.34. The molecular formula is C9H20O3. The van der Waals surface area contributed by atoms with Gasteiger partial charge in [-0.25, -0.2) is 0 Å². The van der Waals surface area contributed by atoms with E-state index in [9.17, 15) is 0 Å². The summed E-state index contributed by atoms with van der Waals surface area (Å²) in [7, 11) is 0. The molecule has 1 N–H and O–H groups in total. The van der Waals surface area contributed by atoms with Gasteiger partial charge in [0.05, 0.1) is 25.4 Å². The van der Waals surface area contributed by atoms with Gasteiger partial charge >= 0.3 is 0 Å². The zero-order valence-electron chi connectivity index (χ0n) is 8.41. The first kappa shape index (κ1) is 11.9. The molecule has 1 fully saturated rings. The quantitative estimate of drug-likeness (QED) is 0.657. The summed E-state index contributed by atoms with van der Waals surface area (Å²) in [6.07, 6.45) is 0.940. The van der Waals surface area contributed by atoms with Gasteiger partial charge in [-0.3, -0.25) is 0 Å². The fourth-order valence-electron chi connectivity index (χ4n) is 0.718. The minimum absolute atomic E-state index is 0.190. The molecule has 3 nitrogen and oxygen atoms in total. The molecule has 1 atom stereocenters. The highest BCUT2D eigenvalue weighted by Gasteiger charge is 2.19. The monoisotopic (exact) mass is 176 g/mol. The van der Waals surface area contributed by atoms with Crippen LogP contribution in [-0.2, 0) is 9.47 Å². The minimum atomic E-state index is 0.190. The van der Waals surface area contributed by atoms with Crippen molar-refractivity contribution in [2.45, 2.75) is 46.0 Å². The molecule has 0 aliphatic carbocycles. The Morgan fingerprint density at radius 2 is 1.75 bits per heavy atom. The van der Waals surface area contributed by atoms with Gasteiger partial charge in [0.15, 0.2) is 0 Å². The van der Waals surface area contributed by atoms with Crippen molar-refractivity contribution >= 4 is 0 Å². The molecule has 0 spiro atoms. The van der Waals surface area contributed by atoms with Crippen molar-refractivity contribution in [1.29, 1.82) is 0 Å². The summed E-state index contributed by atoms with van der Waals surface area (Å²) in [5.74, 6) is 0. The molecule has 74 valence electrons. The Hall–Kier alpha value is -0.120. The van der Waals surface area contributed by atoms with Crippen molar-refractivity contribution < 1.29 is 14.6 Å². The summed E-state index contributed by atoms with van der Waals surface area (Å²) in [5, 5.41) is 8.08. The highest BCUT2D eigenvalue weighted by Crippen LogP contribution is 2.04. The molecule has 1 saturated heterocycles. The lowest BCUT2D eigenvalue weighted by atomic mass is 10.4. The average molecular weight is 176 g/mol. The Bertz CT molecular complexity index is 91.9. The number of hydrogen-bond donors (Lipinski definition) is 1. The number of hydrogen-bond acceptors (Lipinski definition) is 3. The molecule has 0 aromatic heterocycles. The topological polar surface area (TPSA) is 42.0 Å². The van der Waals surface area contributed by atoms with Crippen molar-refractivity contribution in [3.8, 4) is 0 Å². The molecule has 1 unspecified atom stereocenters. The van der Waals surface area contributed by atoms with E-state index in [1.165, 1.54) is 0 Å². The van der Waals surface area contributed by atoms with E-state index >= 15 is 0 Å². The van der Waals surface area contributed by atoms with Gasteiger partial charge in [0.2, 0.25) is 0 Å². The maximum atomic E-state index is 8.08. The van der Waals surface area contributed by atoms with Crippen LogP contribution in [0.1, 0.15) is 27.7 Å². The van der Waals surface area contributed by atoms with Crippen molar-refractivity contribution in [3.05, 3.63) is 0 Å². The molecule has 3 heteroatoms. The Morgan fingerprint density at radius 1 is 1.33 bits per heavy atom. The van der Waals surface area contributed by atoms with E-state index in [4.69, 9.17) is 9.84 Å². The molecule has 0 amide bonds. The van der Waals surface area contributed by atoms with E-state index in [-0.39, 0.29) is 12.7 Å². The Labute approximate surface area is 74.7 Å². The van der Waals surface area contributed by atoms with Crippen LogP contribution in [0.5, 0.6) is 0 Å². The molecule has 0 radical (unpaired) electrons. The van der Waals surface area contributed by atoms with E-state index in [1.807, 2.05) is 27.7 Å². The summed E-state index contributed by atoms with van der Waals surface area (Å²) in [5.41, 5.74) is 0. The lowest BCUT2D eigenvalue weighted by Crippen LogP contribution is -2.09. The SMILES string of the molecule is CC(C)OC(C)C.OCC1CO1. The van der Waals surface area contributed by atoms with Crippen LogP contribution in [-0.4, -0.2) is 36.6 Å². The largest absolute Gasteiger partial charge is 0.394 e. The summed E-state index contributed by atoms with van der Waals surface area (Å²) < 4.78 is 9.86. The number of aliphatic hydroxyl groups excluding tert-OH is 1. The smallest absolute Gasteiger partial charge is 0.104 e. The maximum absolute atomic E-state index is 8.08. The van der Waals surface area contributed by atoms with Crippen LogP contribution in [0.25, 0.3) is 0 Å². The fourth-order valence-corrected chi connectivity index (χ4v) is 0.718. The first-order valence-corrected chi connectivity index (χ1v) is 4.44. The second-order valence-electron chi connectivity index (χ2n) is 3.37. The summed E-state index contributed by atoms with van der Waals surface area (Å²) >= 11 is 0. The third kappa shape index (κ3) is 9.88. The molecular weight excluding hydrogens is 156 g/mol. The molecule has 0 saturated carbocycles. The predicted molar refractivity (Wildman–Crippen MR) is 48.2 cm³/mol. The normalized spacial score (nSPS) is 20.8. The Balaban J connectivity index is 0.000000211. The van der Waals surface area contributed by atoms with Gasteiger partial charge in [-0.05, 0) is 27.7 Å². The van der Waals surface area contributed by atoms with E-state index in [0.717, 1.165) is 6.61 Å². The van der Waals surface area contributed by atoms with Crippen LogP contribution >= 0.6 is 0 Å². The highest BCUT2D eigenvalue weighted by atomic mass is 16.6. The predicted octanol–water partition coefficient (Wildman–Crippen LogP) is 1.20. The first-order chi connectivity index (χ1) is 5.56. The van der Waals surface area contributed by atoms with Crippen molar-refractivity contribution in [2.75, 3.05) is 13.2 Å². The number of ether oxygens (including phenoxy) is 2. The van der Waals surface area contributed by atoms with Crippen LogP contribution < -0.4 is 0 Å². The summed E-state index contributed by atoms with van der Waals surface area (Å²) in [6.45, 7) is 9.12. The number of aliphatic hydroxyl groups is 1. The van der Waals surface area contributed by atoms with E-state index < -0.39 is 0 Å². The van der Waals surface area contributed by atoms with Crippen molar-refractivity contribution in [1.82, 2.24) is 0 Å². The van der Waals surface area contributed by atoms with Crippen LogP contribution in [0.3, 0.4) is 0 Å². The number of rotatable bonds is 3. The van der Waals surface area contributed by atoms with Gasteiger partial charge in [0.25, 0.3) is 0 Å². The van der Waals surface area contributed by atoms with Gasteiger partial charge < -0.3 is 14.6 Å². The second-order valence-corrected chi connectivity index (χ2v) is 3.37. The molecule has 0 bridgehead atoms. The van der Waals surface area contributed by atoms with E-state index in [1.54, 1.807) is 0 Å². The maximum Gasteiger partial charge on any atom is 0.104 e. The van der Waals surface area contributed by atoms with E-state index in [2.05, 4.69) is 4.74 Å². The standard InChI is InChI=1S/C6H14O.C3H6O2/c1-5(2)7-6(3)4;4-1-3-2-5-3/h5-6H,1-4H3;3-4H,1-2H2.